The van der Waals surface area contributed by atoms with Crippen molar-refractivity contribution < 1.29 is 14.7 Å². The molecule has 0 aliphatic heterocycles. The van der Waals surface area contributed by atoms with E-state index in [4.69, 9.17) is 5.11 Å². The van der Waals surface area contributed by atoms with Crippen LogP contribution in [-0.4, -0.2) is 29.2 Å². The van der Waals surface area contributed by atoms with Gasteiger partial charge in [0, 0.05) is 12.1 Å². The first-order valence-corrected chi connectivity index (χ1v) is 7.73. The smallest absolute Gasteiger partial charge is 0.315 e. The van der Waals surface area contributed by atoms with Gasteiger partial charge in [0.1, 0.15) is 0 Å². The van der Waals surface area contributed by atoms with Crippen LogP contribution in [0.25, 0.3) is 0 Å². The number of hydrogen-bond donors (Lipinski definition) is 3. The van der Waals surface area contributed by atoms with Gasteiger partial charge < -0.3 is 15.7 Å². The minimum absolute atomic E-state index is 0.0828. The Morgan fingerprint density at radius 3 is 2.60 bits per heavy atom. The fraction of sp³-hybridized carbons (Fsp3) is 0.867. The van der Waals surface area contributed by atoms with Crippen molar-refractivity contribution in [2.24, 2.45) is 11.8 Å². The first-order chi connectivity index (χ1) is 9.43. The maximum Gasteiger partial charge on any atom is 0.315 e. The Morgan fingerprint density at radius 2 is 2.00 bits per heavy atom. The van der Waals surface area contributed by atoms with Crippen molar-refractivity contribution >= 4 is 12.0 Å². The van der Waals surface area contributed by atoms with Crippen LogP contribution in [0.1, 0.15) is 59.3 Å². The monoisotopic (exact) mass is 284 g/mol. The summed E-state index contributed by atoms with van der Waals surface area (Å²) in [5.74, 6) is -0.395. The number of nitrogens with one attached hydrogen (secondary N) is 2. The van der Waals surface area contributed by atoms with Crippen LogP contribution in [0.15, 0.2) is 0 Å². The lowest BCUT2D eigenvalue weighted by Crippen LogP contribution is -2.42. The van der Waals surface area contributed by atoms with E-state index in [9.17, 15) is 9.59 Å². The number of hydrogen-bond acceptors (Lipinski definition) is 2. The predicted octanol–water partition coefficient (Wildman–Crippen LogP) is 2.75. The Morgan fingerprint density at radius 1 is 1.30 bits per heavy atom. The van der Waals surface area contributed by atoms with Gasteiger partial charge in [-0.1, -0.05) is 26.7 Å². The van der Waals surface area contributed by atoms with E-state index in [1.165, 1.54) is 12.8 Å². The molecule has 2 amide bonds. The van der Waals surface area contributed by atoms with Crippen LogP contribution >= 0.6 is 0 Å². The van der Waals surface area contributed by atoms with Crippen molar-refractivity contribution in [1.82, 2.24) is 10.6 Å². The van der Waals surface area contributed by atoms with E-state index < -0.39 is 5.97 Å². The molecule has 0 aromatic carbocycles. The van der Waals surface area contributed by atoms with Crippen molar-refractivity contribution in [3.63, 3.8) is 0 Å². The normalized spacial score (nSPS) is 23.8. The van der Waals surface area contributed by atoms with Crippen molar-refractivity contribution in [3.8, 4) is 0 Å². The van der Waals surface area contributed by atoms with Gasteiger partial charge in [-0.3, -0.25) is 4.79 Å². The molecule has 0 aromatic rings. The number of carbonyl (C=O) groups is 2. The van der Waals surface area contributed by atoms with Gasteiger partial charge in [-0.15, -0.1) is 0 Å². The largest absolute Gasteiger partial charge is 0.481 e. The lowest BCUT2D eigenvalue weighted by atomic mass is 10.0. The second kappa shape index (κ2) is 8.12. The maximum absolute atomic E-state index is 11.7. The molecule has 3 N–H and O–H groups in total. The highest BCUT2D eigenvalue weighted by Gasteiger charge is 2.37. The summed E-state index contributed by atoms with van der Waals surface area (Å²) in [4.78, 5) is 22.4. The standard InChI is InChI=1S/C15H28N2O3/c1-4-6-12-9-13(12)17-15(20)16-11(3)8-5-7-10(2)14(18)19/h10-13H,4-9H2,1-3H3,(H,18,19)(H2,16,17,20). The van der Waals surface area contributed by atoms with E-state index in [-0.39, 0.29) is 18.0 Å². The quantitative estimate of drug-likeness (QED) is 0.609. The Labute approximate surface area is 121 Å². The minimum atomic E-state index is -0.751. The molecule has 0 aromatic heterocycles. The summed E-state index contributed by atoms with van der Waals surface area (Å²) in [7, 11) is 0. The van der Waals surface area contributed by atoms with Gasteiger partial charge in [0.05, 0.1) is 5.92 Å². The number of carbonyl (C=O) groups excluding carboxylic acids is 1. The Kier molecular flexibility index (Phi) is 6.82. The summed E-state index contributed by atoms with van der Waals surface area (Å²) in [6.07, 6.45) is 5.75. The Hall–Kier alpha value is -1.26. The summed E-state index contributed by atoms with van der Waals surface area (Å²) in [6, 6.07) is 0.348. The Bertz CT molecular complexity index is 333. The van der Waals surface area contributed by atoms with E-state index in [1.54, 1.807) is 6.92 Å². The van der Waals surface area contributed by atoms with Crippen LogP contribution in [0.5, 0.6) is 0 Å². The highest BCUT2D eigenvalue weighted by molar-refractivity contribution is 5.75. The zero-order chi connectivity index (χ0) is 15.1. The molecule has 4 unspecified atom stereocenters. The zero-order valence-corrected chi connectivity index (χ0v) is 12.8. The third kappa shape index (κ3) is 6.26. The highest BCUT2D eigenvalue weighted by Crippen LogP contribution is 2.34. The number of urea groups is 1. The molecule has 1 aliphatic rings. The molecule has 116 valence electrons. The van der Waals surface area contributed by atoms with E-state index >= 15 is 0 Å². The van der Waals surface area contributed by atoms with E-state index in [0.717, 1.165) is 19.3 Å². The minimum Gasteiger partial charge on any atom is -0.481 e. The first-order valence-electron chi connectivity index (χ1n) is 7.73. The predicted molar refractivity (Wildman–Crippen MR) is 78.6 cm³/mol. The summed E-state index contributed by atoms with van der Waals surface area (Å²) >= 11 is 0. The van der Waals surface area contributed by atoms with E-state index in [0.29, 0.717) is 18.4 Å². The van der Waals surface area contributed by atoms with Gasteiger partial charge in [-0.05, 0) is 38.5 Å². The van der Waals surface area contributed by atoms with Gasteiger partial charge in [-0.2, -0.15) is 0 Å². The molecule has 1 fully saturated rings. The molecule has 4 atom stereocenters. The molecule has 0 spiro atoms. The fourth-order valence-electron chi connectivity index (χ4n) is 2.47. The molecule has 0 radical (unpaired) electrons. The van der Waals surface area contributed by atoms with Gasteiger partial charge in [0.15, 0.2) is 0 Å². The van der Waals surface area contributed by atoms with Gasteiger partial charge >= 0.3 is 12.0 Å². The third-order valence-electron chi connectivity index (χ3n) is 3.97. The van der Waals surface area contributed by atoms with Crippen LogP contribution in [0.2, 0.25) is 0 Å². The second-order valence-corrected chi connectivity index (χ2v) is 6.08. The SMILES string of the molecule is CCCC1CC1NC(=O)NC(C)CCCC(C)C(=O)O. The van der Waals surface area contributed by atoms with Crippen LogP contribution in [-0.2, 0) is 4.79 Å². The molecule has 1 rings (SSSR count). The molecule has 1 aliphatic carbocycles. The second-order valence-electron chi connectivity index (χ2n) is 6.08. The van der Waals surface area contributed by atoms with Gasteiger partial charge in [0.25, 0.3) is 0 Å². The maximum atomic E-state index is 11.7. The topological polar surface area (TPSA) is 78.4 Å². The van der Waals surface area contributed by atoms with Crippen LogP contribution < -0.4 is 10.6 Å². The number of rotatable bonds is 9. The van der Waals surface area contributed by atoms with Crippen molar-refractivity contribution in [2.75, 3.05) is 0 Å². The van der Waals surface area contributed by atoms with Crippen LogP contribution in [0.3, 0.4) is 0 Å². The molecular formula is C15H28N2O3. The fourth-order valence-corrected chi connectivity index (χ4v) is 2.47. The summed E-state index contributed by atoms with van der Waals surface area (Å²) in [6.45, 7) is 5.84. The highest BCUT2D eigenvalue weighted by atomic mass is 16.4. The average Bonchev–Trinajstić information content (AvgIpc) is 3.06. The number of carboxylic acids is 1. The van der Waals surface area contributed by atoms with Crippen LogP contribution in [0, 0.1) is 11.8 Å². The third-order valence-corrected chi connectivity index (χ3v) is 3.97. The molecule has 0 heterocycles. The number of amides is 2. The van der Waals surface area contributed by atoms with E-state index in [2.05, 4.69) is 17.6 Å². The molecule has 20 heavy (non-hydrogen) atoms. The number of carboxylic acid groups (broad SMARTS) is 1. The van der Waals surface area contributed by atoms with E-state index in [1.807, 2.05) is 6.92 Å². The molecule has 5 nitrogen and oxygen atoms in total. The molecule has 0 saturated heterocycles. The lowest BCUT2D eigenvalue weighted by Gasteiger charge is -2.15. The summed E-state index contributed by atoms with van der Waals surface area (Å²) < 4.78 is 0. The number of aliphatic carboxylic acids is 1. The van der Waals surface area contributed by atoms with Gasteiger partial charge in [-0.25, -0.2) is 4.79 Å². The summed E-state index contributed by atoms with van der Waals surface area (Å²) in [5, 5.41) is 14.7. The van der Waals surface area contributed by atoms with Crippen LogP contribution in [0.4, 0.5) is 4.79 Å². The van der Waals surface area contributed by atoms with Gasteiger partial charge in [0.2, 0.25) is 0 Å². The zero-order valence-electron chi connectivity index (χ0n) is 12.8. The van der Waals surface area contributed by atoms with Crippen molar-refractivity contribution in [1.29, 1.82) is 0 Å². The molecule has 0 bridgehead atoms. The molecule has 5 heteroatoms. The van der Waals surface area contributed by atoms with Crippen molar-refractivity contribution in [3.05, 3.63) is 0 Å². The molecular weight excluding hydrogens is 256 g/mol. The molecule has 1 saturated carbocycles. The van der Waals surface area contributed by atoms with Crippen molar-refractivity contribution in [2.45, 2.75) is 71.4 Å². The Balaban J connectivity index is 2.08. The first kappa shape index (κ1) is 16.8. The average molecular weight is 284 g/mol. The summed E-state index contributed by atoms with van der Waals surface area (Å²) in [5.41, 5.74) is 0. The lowest BCUT2D eigenvalue weighted by molar-refractivity contribution is -0.141.